The maximum absolute atomic E-state index is 6.01. The second-order valence-electron chi connectivity index (χ2n) is 7.42. The van der Waals surface area contributed by atoms with Crippen LogP contribution in [0.25, 0.3) is 0 Å². The van der Waals surface area contributed by atoms with Crippen LogP contribution < -0.4 is 13.2 Å². The first kappa shape index (κ1) is 19.4. The molecule has 0 spiro atoms. The molecule has 4 heteroatoms. The molecule has 138 valence electrons. The van der Waals surface area contributed by atoms with Gasteiger partial charge in [0.2, 0.25) is 0 Å². The standard InChI is InChI=1S/C23H24GeO3/c1-17-8-5-9-18(14-17)25-19-10-6-11-20(15-19)26-21-12-7-13-22(16-21)27-24-23(2,3)4/h5-16H,1-4H3. The summed E-state index contributed by atoms with van der Waals surface area (Å²) < 4.78 is 18.2. The summed E-state index contributed by atoms with van der Waals surface area (Å²) in [4.78, 5) is 0. The van der Waals surface area contributed by atoms with Crippen LogP contribution in [0.15, 0.2) is 72.8 Å². The van der Waals surface area contributed by atoms with Crippen molar-refractivity contribution in [2.45, 2.75) is 31.9 Å². The molecule has 0 saturated carbocycles. The Kier molecular flexibility index (Phi) is 6.12. The van der Waals surface area contributed by atoms with Crippen LogP contribution >= 0.6 is 0 Å². The number of benzene rings is 3. The van der Waals surface area contributed by atoms with Crippen LogP contribution in [0.1, 0.15) is 26.3 Å². The summed E-state index contributed by atoms with van der Waals surface area (Å²) in [5.41, 5.74) is 1.16. The number of aryl methyl sites for hydroxylation is 1. The molecule has 0 aliphatic carbocycles. The van der Waals surface area contributed by atoms with Gasteiger partial charge in [0.25, 0.3) is 0 Å². The molecule has 3 rings (SSSR count). The third-order valence-electron chi connectivity index (χ3n) is 3.55. The zero-order chi connectivity index (χ0) is 19.3. The van der Waals surface area contributed by atoms with Gasteiger partial charge < -0.3 is 0 Å². The summed E-state index contributed by atoms with van der Waals surface area (Å²) in [6, 6.07) is 23.4. The van der Waals surface area contributed by atoms with Gasteiger partial charge in [-0.25, -0.2) is 0 Å². The minimum atomic E-state index is -0.524. The Balaban J connectivity index is 1.69. The summed E-state index contributed by atoms with van der Waals surface area (Å²) in [6.07, 6.45) is 0. The third kappa shape index (κ3) is 6.36. The van der Waals surface area contributed by atoms with E-state index in [1.807, 2.05) is 79.7 Å². The first-order valence-electron chi connectivity index (χ1n) is 8.94. The Bertz CT molecular complexity index is 900. The fourth-order valence-electron chi connectivity index (χ4n) is 2.37. The summed E-state index contributed by atoms with van der Waals surface area (Å²) in [5, 5.41) is 0. The van der Waals surface area contributed by atoms with E-state index in [9.17, 15) is 0 Å². The molecule has 2 radical (unpaired) electrons. The van der Waals surface area contributed by atoms with Crippen LogP contribution in [0.2, 0.25) is 4.25 Å². The van der Waals surface area contributed by atoms with E-state index in [1.165, 1.54) is 0 Å². The van der Waals surface area contributed by atoms with Crippen LogP contribution in [0.3, 0.4) is 0 Å². The number of ether oxygens (including phenoxy) is 2. The molecule has 3 aromatic carbocycles. The second-order valence-corrected chi connectivity index (χ2v) is 11.4. The summed E-state index contributed by atoms with van der Waals surface area (Å²) in [5.74, 6) is 3.89. The molecule has 0 bridgehead atoms. The van der Waals surface area contributed by atoms with Crippen molar-refractivity contribution in [2.75, 3.05) is 0 Å². The van der Waals surface area contributed by atoms with Crippen molar-refractivity contribution in [3.8, 4) is 28.7 Å². The third-order valence-corrected chi connectivity index (χ3v) is 5.54. The molecule has 27 heavy (non-hydrogen) atoms. The fourth-order valence-corrected chi connectivity index (χ4v) is 3.52. The van der Waals surface area contributed by atoms with Crippen LogP contribution in [0, 0.1) is 6.92 Å². The summed E-state index contributed by atoms with van der Waals surface area (Å²) in [7, 11) is 0. The number of hydrogen-bond donors (Lipinski definition) is 0. The van der Waals surface area contributed by atoms with Gasteiger partial charge in [0.1, 0.15) is 0 Å². The fraction of sp³-hybridized carbons (Fsp3) is 0.217. The van der Waals surface area contributed by atoms with Crippen LogP contribution in [0.5, 0.6) is 28.7 Å². The normalized spacial score (nSPS) is 11.1. The molecule has 0 N–H and O–H groups in total. The van der Waals surface area contributed by atoms with Crippen molar-refractivity contribution in [1.29, 1.82) is 0 Å². The number of hydrogen-bond acceptors (Lipinski definition) is 3. The molecule has 3 aromatic rings. The van der Waals surface area contributed by atoms with Crippen LogP contribution in [-0.4, -0.2) is 15.8 Å². The van der Waals surface area contributed by atoms with Gasteiger partial charge in [-0.3, -0.25) is 0 Å². The zero-order valence-electron chi connectivity index (χ0n) is 16.2. The van der Waals surface area contributed by atoms with E-state index in [2.05, 4.69) is 20.8 Å². The predicted molar refractivity (Wildman–Crippen MR) is 110 cm³/mol. The average molecular weight is 421 g/mol. The summed E-state index contributed by atoms with van der Waals surface area (Å²) >= 11 is -0.524. The van der Waals surface area contributed by atoms with Gasteiger partial charge in [-0.1, -0.05) is 6.07 Å². The van der Waals surface area contributed by atoms with Gasteiger partial charge in [-0.15, -0.1) is 0 Å². The molecular weight excluding hydrogens is 397 g/mol. The molecule has 0 saturated heterocycles. The molecule has 0 aromatic heterocycles. The van der Waals surface area contributed by atoms with Gasteiger partial charge in [-0.05, 0) is 6.92 Å². The monoisotopic (exact) mass is 422 g/mol. The Morgan fingerprint density at radius 3 is 1.59 bits per heavy atom. The Hall–Kier alpha value is -2.40. The first-order chi connectivity index (χ1) is 12.9. The van der Waals surface area contributed by atoms with Crippen molar-refractivity contribution in [3.63, 3.8) is 0 Å². The Morgan fingerprint density at radius 2 is 1.07 bits per heavy atom. The Morgan fingerprint density at radius 1 is 0.630 bits per heavy atom. The molecule has 0 amide bonds. The van der Waals surface area contributed by atoms with Gasteiger partial charge in [0.15, 0.2) is 0 Å². The van der Waals surface area contributed by atoms with Crippen molar-refractivity contribution in [1.82, 2.24) is 0 Å². The van der Waals surface area contributed by atoms with Gasteiger partial charge in [0.05, 0.1) is 0 Å². The maximum atomic E-state index is 6.01. The first-order valence-corrected chi connectivity index (χ1v) is 10.8. The molecular formula is C23H24GeO3. The quantitative estimate of drug-likeness (QED) is 0.410. The molecule has 0 heterocycles. The SMILES string of the molecule is Cc1cccc(Oc2cccc(Oc3cccc([O][Ge][C](C)(C)C)c3)c2)c1. The van der Waals surface area contributed by atoms with E-state index in [4.69, 9.17) is 13.2 Å². The number of rotatable bonds is 6. The van der Waals surface area contributed by atoms with E-state index in [-0.39, 0.29) is 4.25 Å². The second kappa shape index (κ2) is 8.53. The van der Waals surface area contributed by atoms with E-state index in [0.717, 1.165) is 34.3 Å². The van der Waals surface area contributed by atoms with Gasteiger partial charge in [0, 0.05) is 0 Å². The van der Waals surface area contributed by atoms with E-state index in [0.29, 0.717) is 0 Å². The Labute approximate surface area is 168 Å². The predicted octanol–water partition coefficient (Wildman–Crippen LogP) is 6.80. The topological polar surface area (TPSA) is 27.7 Å². The van der Waals surface area contributed by atoms with Gasteiger partial charge in [-0.2, -0.15) is 0 Å². The van der Waals surface area contributed by atoms with Crippen LogP contribution in [0.4, 0.5) is 0 Å². The average Bonchev–Trinajstić information content (AvgIpc) is 2.60. The van der Waals surface area contributed by atoms with Crippen molar-refractivity contribution < 1.29 is 13.2 Å². The molecule has 0 atom stereocenters. The molecule has 0 unspecified atom stereocenters. The molecule has 0 aliphatic rings. The van der Waals surface area contributed by atoms with Crippen LogP contribution in [-0.2, 0) is 0 Å². The molecule has 3 nitrogen and oxygen atoms in total. The summed E-state index contributed by atoms with van der Waals surface area (Å²) in [6.45, 7) is 8.65. The molecule has 0 fully saturated rings. The van der Waals surface area contributed by atoms with Crippen molar-refractivity contribution in [3.05, 3.63) is 78.4 Å². The van der Waals surface area contributed by atoms with Crippen molar-refractivity contribution >= 4 is 15.8 Å². The minimum absolute atomic E-state index is 0.234. The van der Waals surface area contributed by atoms with E-state index < -0.39 is 15.8 Å². The zero-order valence-corrected chi connectivity index (χ0v) is 18.3. The van der Waals surface area contributed by atoms with E-state index in [1.54, 1.807) is 0 Å². The van der Waals surface area contributed by atoms with Gasteiger partial charge >= 0.3 is 155 Å². The van der Waals surface area contributed by atoms with Crippen molar-refractivity contribution in [2.24, 2.45) is 0 Å². The molecule has 0 aliphatic heterocycles. The van der Waals surface area contributed by atoms with E-state index >= 15 is 0 Å².